The second-order valence-electron chi connectivity index (χ2n) is 5.13. The first-order valence-electron chi connectivity index (χ1n) is 7.01. The number of allylic oxidation sites excluding steroid dienone is 2. The van der Waals surface area contributed by atoms with Gasteiger partial charge in [0.05, 0.1) is 19.3 Å². The minimum absolute atomic E-state index is 0.0211. The van der Waals surface area contributed by atoms with Crippen LogP contribution in [0.1, 0.15) is 46.5 Å². The number of hydrogen-bond acceptors (Lipinski definition) is 4. The molecule has 0 bridgehead atoms. The summed E-state index contributed by atoms with van der Waals surface area (Å²) in [6, 6.07) is 0. The Kier molecular flexibility index (Phi) is 13.1. The first-order valence-corrected chi connectivity index (χ1v) is 7.01. The third-order valence-electron chi connectivity index (χ3n) is 2.42. The topological polar surface area (TPSA) is 129 Å². The van der Waals surface area contributed by atoms with E-state index in [0.717, 1.165) is 5.57 Å². The molecule has 0 amide bonds. The van der Waals surface area contributed by atoms with Gasteiger partial charge in [-0.15, -0.1) is 0 Å². The van der Waals surface area contributed by atoms with Gasteiger partial charge in [0.15, 0.2) is 0 Å². The number of rotatable bonds is 9. The van der Waals surface area contributed by atoms with Crippen molar-refractivity contribution in [2.75, 3.05) is 0 Å². The van der Waals surface area contributed by atoms with Gasteiger partial charge in [0, 0.05) is 6.42 Å². The zero-order valence-electron chi connectivity index (χ0n) is 13.6. The van der Waals surface area contributed by atoms with Gasteiger partial charge in [0.2, 0.25) is 0 Å². The minimum atomic E-state index is -0.909. The molecule has 0 aromatic rings. The first kappa shape index (κ1) is 22.8. The molecule has 130 valence electrons. The summed E-state index contributed by atoms with van der Waals surface area (Å²) in [5, 5.41) is 24.9. The van der Waals surface area contributed by atoms with Crippen LogP contribution in [0.2, 0.25) is 0 Å². The molecule has 0 spiro atoms. The van der Waals surface area contributed by atoms with Crippen LogP contribution in [0.3, 0.4) is 0 Å². The van der Waals surface area contributed by atoms with E-state index in [9.17, 15) is 19.2 Å². The SMILES string of the molecule is CC(/C=C/CC(=O)O)CC(=O)O.CC(=O)C/C=C(\C)CC(=O)O. The van der Waals surface area contributed by atoms with Crippen molar-refractivity contribution in [2.45, 2.75) is 46.5 Å². The second-order valence-corrected chi connectivity index (χ2v) is 5.13. The van der Waals surface area contributed by atoms with Gasteiger partial charge < -0.3 is 15.3 Å². The normalized spacial score (nSPS) is 12.2. The van der Waals surface area contributed by atoms with Crippen molar-refractivity contribution in [3.05, 3.63) is 23.8 Å². The number of aliphatic carboxylic acids is 3. The number of carboxylic acids is 3. The van der Waals surface area contributed by atoms with E-state index >= 15 is 0 Å². The molecule has 0 saturated heterocycles. The molecule has 7 nitrogen and oxygen atoms in total. The quantitative estimate of drug-likeness (QED) is 0.554. The number of carbonyl (C=O) groups is 4. The summed E-state index contributed by atoms with van der Waals surface area (Å²) in [4.78, 5) is 40.8. The maximum atomic E-state index is 10.4. The van der Waals surface area contributed by atoms with Crippen LogP contribution in [0.15, 0.2) is 23.8 Å². The molecule has 0 rings (SSSR count). The molecular formula is C16H24O7. The van der Waals surface area contributed by atoms with Crippen molar-refractivity contribution in [1.29, 1.82) is 0 Å². The van der Waals surface area contributed by atoms with E-state index in [1.165, 1.54) is 13.0 Å². The van der Waals surface area contributed by atoms with Gasteiger partial charge in [0.25, 0.3) is 0 Å². The molecular weight excluding hydrogens is 304 g/mol. The fourth-order valence-corrected chi connectivity index (χ4v) is 1.37. The third-order valence-corrected chi connectivity index (χ3v) is 2.42. The van der Waals surface area contributed by atoms with Crippen LogP contribution in [0, 0.1) is 5.92 Å². The van der Waals surface area contributed by atoms with Crippen LogP contribution in [0.4, 0.5) is 0 Å². The lowest BCUT2D eigenvalue weighted by Gasteiger charge is -1.99. The van der Waals surface area contributed by atoms with Gasteiger partial charge in [0.1, 0.15) is 5.78 Å². The molecule has 0 aliphatic rings. The second kappa shape index (κ2) is 13.2. The zero-order chi connectivity index (χ0) is 18.4. The predicted molar refractivity (Wildman–Crippen MR) is 84.1 cm³/mol. The van der Waals surface area contributed by atoms with Crippen molar-refractivity contribution in [3.63, 3.8) is 0 Å². The van der Waals surface area contributed by atoms with Crippen LogP contribution in [-0.4, -0.2) is 39.0 Å². The Morgan fingerprint density at radius 3 is 1.87 bits per heavy atom. The smallest absolute Gasteiger partial charge is 0.307 e. The van der Waals surface area contributed by atoms with Crippen LogP contribution < -0.4 is 0 Å². The molecule has 0 aromatic carbocycles. The Morgan fingerprint density at radius 1 is 0.913 bits per heavy atom. The molecule has 7 heteroatoms. The number of ketones is 1. The zero-order valence-corrected chi connectivity index (χ0v) is 13.6. The van der Waals surface area contributed by atoms with Gasteiger partial charge in [-0.05, 0) is 19.8 Å². The average molecular weight is 328 g/mol. The maximum Gasteiger partial charge on any atom is 0.307 e. The summed E-state index contributed by atoms with van der Waals surface area (Å²) < 4.78 is 0. The van der Waals surface area contributed by atoms with E-state index in [4.69, 9.17) is 15.3 Å². The molecule has 0 aromatic heterocycles. The first-order chi connectivity index (χ1) is 10.5. The van der Waals surface area contributed by atoms with Gasteiger partial charge in [-0.3, -0.25) is 19.2 Å². The highest BCUT2D eigenvalue weighted by molar-refractivity contribution is 5.77. The Morgan fingerprint density at radius 2 is 1.48 bits per heavy atom. The van der Waals surface area contributed by atoms with Crippen molar-refractivity contribution < 1.29 is 34.5 Å². The molecule has 0 aliphatic carbocycles. The summed E-state index contributed by atoms with van der Waals surface area (Å²) >= 11 is 0. The lowest BCUT2D eigenvalue weighted by Crippen LogP contribution is -2.01. The van der Waals surface area contributed by atoms with E-state index in [1.54, 1.807) is 26.0 Å². The van der Waals surface area contributed by atoms with Crippen LogP contribution >= 0.6 is 0 Å². The molecule has 23 heavy (non-hydrogen) atoms. The lowest BCUT2D eigenvalue weighted by molar-refractivity contribution is -0.138. The molecule has 0 fully saturated rings. The molecule has 0 aliphatic heterocycles. The van der Waals surface area contributed by atoms with E-state index in [1.807, 2.05) is 0 Å². The fourth-order valence-electron chi connectivity index (χ4n) is 1.37. The Labute approximate surface area is 135 Å². The van der Waals surface area contributed by atoms with Gasteiger partial charge in [-0.1, -0.05) is 30.7 Å². The number of carbonyl (C=O) groups excluding carboxylic acids is 1. The van der Waals surface area contributed by atoms with Crippen molar-refractivity contribution in [3.8, 4) is 0 Å². The van der Waals surface area contributed by atoms with E-state index in [0.29, 0.717) is 6.42 Å². The maximum absolute atomic E-state index is 10.4. The molecule has 1 atom stereocenters. The van der Waals surface area contributed by atoms with E-state index < -0.39 is 17.9 Å². The summed E-state index contributed by atoms with van der Waals surface area (Å²) in [6.45, 7) is 4.91. The van der Waals surface area contributed by atoms with Crippen molar-refractivity contribution in [2.24, 2.45) is 5.92 Å². The van der Waals surface area contributed by atoms with Crippen molar-refractivity contribution >= 4 is 23.7 Å². The Balaban J connectivity index is 0. The standard InChI is InChI=1S/C8H12O4.C8H12O3/c1-6(5-8(11)12)3-2-4-7(9)10;1-6(5-8(10)11)3-4-7(2)9/h2-3,6H,4-5H2,1H3,(H,9,10)(H,11,12);3H,4-5H2,1-2H3,(H,10,11)/b3-2+;6-3+. The molecule has 3 N–H and O–H groups in total. The third kappa shape index (κ3) is 22.0. The monoisotopic (exact) mass is 328 g/mol. The predicted octanol–water partition coefficient (Wildman–Crippen LogP) is 2.51. The average Bonchev–Trinajstić information content (AvgIpc) is 2.35. The summed E-state index contributed by atoms with van der Waals surface area (Å²) in [5.41, 5.74) is 0.729. The lowest BCUT2D eigenvalue weighted by atomic mass is 10.1. The van der Waals surface area contributed by atoms with Crippen LogP contribution in [-0.2, 0) is 19.2 Å². The largest absolute Gasteiger partial charge is 0.481 e. The highest BCUT2D eigenvalue weighted by atomic mass is 16.4. The minimum Gasteiger partial charge on any atom is -0.481 e. The van der Waals surface area contributed by atoms with Gasteiger partial charge >= 0.3 is 17.9 Å². The van der Waals surface area contributed by atoms with Gasteiger partial charge in [-0.2, -0.15) is 0 Å². The van der Waals surface area contributed by atoms with Crippen molar-refractivity contribution in [1.82, 2.24) is 0 Å². The van der Waals surface area contributed by atoms with Crippen LogP contribution in [0.5, 0.6) is 0 Å². The van der Waals surface area contributed by atoms with Crippen LogP contribution in [0.25, 0.3) is 0 Å². The molecule has 0 saturated carbocycles. The Bertz CT molecular complexity index is 475. The highest BCUT2D eigenvalue weighted by Gasteiger charge is 2.03. The summed E-state index contributed by atoms with van der Waals surface area (Å²) in [6.07, 6.45) is 5.06. The fraction of sp³-hybridized carbons (Fsp3) is 0.500. The number of carboxylic acid groups (broad SMARTS) is 3. The molecule has 1 unspecified atom stereocenters. The number of Topliss-reactive ketones (excluding diaryl/α,β-unsaturated/α-hetero) is 1. The molecule has 0 heterocycles. The molecule has 0 radical (unpaired) electrons. The number of hydrogen-bond donors (Lipinski definition) is 3. The Hall–Kier alpha value is -2.44. The summed E-state index contributed by atoms with van der Waals surface area (Å²) in [5.74, 6) is -2.70. The van der Waals surface area contributed by atoms with E-state index in [-0.39, 0.29) is 31.0 Å². The van der Waals surface area contributed by atoms with Gasteiger partial charge in [-0.25, -0.2) is 0 Å². The van der Waals surface area contributed by atoms with E-state index in [2.05, 4.69) is 0 Å². The highest BCUT2D eigenvalue weighted by Crippen LogP contribution is 2.03. The summed E-state index contributed by atoms with van der Waals surface area (Å²) in [7, 11) is 0.